The molecule has 0 radical (unpaired) electrons. The summed E-state index contributed by atoms with van der Waals surface area (Å²) in [4.78, 5) is 91.2. The fourth-order valence-corrected chi connectivity index (χ4v) is 4.98. The summed E-state index contributed by atoms with van der Waals surface area (Å²) in [5, 5.41) is 29.5. The second-order valence-electron chi connectivity index (χ2n) is 9.25. The molecule has 17 nitrogen and oxygen atoms in total. The minimum atomic E-state index is -1.68. The van der Waals surface area contributed by atoms with E-state index in [9.17, 15) is 43.8 Å². The van der Waals surface area contributed by atoms with E-state index in [1.165, 1.54) is 0 Å². The van der Waals surface area contributed by atoms with E-state index in [1.54, 1.807) is 30.3 Å². The Balaban J connectivity index is 2.36. The van der Waals surface area contributed by atoms with E-state index in [-0.39, 0.29) is 31.1 Å². The van der Waals surface area contributed by atoms with Crippen molar-refractivity contribution in [1.82, 2.24) is 26.6 Å². The number of guanidine groups is 1. The number of hydrogen-bond donors (Lipinski definition) is 9. The molecule has 1 aromatic carbocycles. The molecular weight excluding hydrogens is 588 g/mol. The standard InChI is InChI=1S/C25H34N8O9S/c26-25(27)28-8-4-7-14-21(38)29-10-18(35)32-15(9-19(36)37)22(39)33-16(24(41)42)12-43-20(13-5-2-1-3-6-13)23(40)30-11-17(34)31-14/h1-3,5-6,14-16,20H,4,7-12H2,(H,29,38)(H,30,40)(H,31,34)(H,32,35)(H,33,39)(H,36,37)(H,41,42)(H4,26,27,28)/t14-,15-,16-,20+/m0/s1. The summed E-state index contributed by atoms with van der Waals surface area (Å²) in [5.41, 5.74) is 11.1. The first kappa shape index (κ1) is 34.3. The van der Waals surface area contributed by atoms with Crippen molar-refractivity contribution in [3.63, 3.8) is 0 Å². The molecule has 1 aliphatic heterocycles. The maximum absolute atomic E-state index is 13.1. The van der Waals surface area contributed by atoms with Crippen LogP contribution < -0.4 is 38.1 Å². The zero-order valence-corrected chi connectivity index (χ0v) is 23.7. The molecule has 1 aromatic rings. The molecular formula is C25H34N8O9S. The SMILES string of the molecule is NC(N)=NCCC[C@@H]1NC(=O)CNC(=O)[C@@H](c2ccccc2)SC[C@@H](C(=O)O)NC(=O)[C@H](CC(=O)O)NC(=O)CNC1=O. The third-order valence-corrected chi connectivity index (χ3v) is 7.20. The van der Waals surface area contributed by atoms with Gasteiger partial charge in [-0.25, -0.2) is 4.79 Å². The average molecular weight is 623 g/mol. The highest BCUT2D eigenvalue weighted by molar-refractivity contribution is 8.00. The first-order chi connectivity index (χ1) is 20.4. The summed E-state index contributed by atoms with van der Waals surface area (Å²) < 4.78 is 0. The van der Waals surface area contributed by atoms with Crippen molar-refractivity contribution >= 4 is 59.2 Å². The number of hydrogen-bond acceptors (Lipinski definition) is 9. The predicted molar refractivity (Wildman–Crippen MR) is 153 cm³/mol. The molecule has 1 saturated heterocycles. The van der Waals surface area contributed by atoms with Crippen molar-refractivity contribution in [2.24, 2.45) is 16.5 Å². The van der Waals surface area contributed by atoms with Gasteiger partial charge in [0.25, 0.3) is 0 Å². The molecule has 43 heavy (non-hydrogen) atoms. The molecule has 5 amide bonds. The number of aliphatic carboxylic acids is 2. The molecule has 1 aliphatic rings. The van der Waals surface area contributed by atoms with Crippen LogP contribution in [0.2, 0.25) is 0 Å². The number of nitrogens with zero attached hydrogens (tertiary/aromatic N) is 1. The van der Waals surface area contributed by atoms with Gasteiger partial charge in [0.05, 0.1) is 19.5 Å². The molecule has 1 heterocycles. The molecule has 0 aromatic heterocycles. The molecule has 234 valence electrons. The van der Waals surface area contributed by atoms with E-state index in [0.29, 0.717) is 5.56 Å². The van der Waals surface area contributed by atoms with Gasteiger partial charge in [0.2, 0.25) is 29.5 Å². The second kappa shape index (κ2) is 17.2. The second-order valence-corrected chi connectivity index (χ2v) is 10.4. The Morgan fingerprint density at radius 3 is 2.05 bits per heavy atom. The van der Waals surface area contributed by atoms with E-state index in [1.807, 2.05) is 0 Å². The van der Waals surface area contributed by atoms with Gasteiger partial charge in [-0.05, 0) is 18.4 Å². The van der Waals surface area contributed by atoms with E-state index >= 15 is 0 Å². The first-order valence-electron chi connectivity index (χ1n) is 13.0. The number of carboxylic acid groups (broad SMARTS) is 2. The van der Waals surface area contributed by atoms with Crippen molar-refractivity contribution in [2.75, 3.05) is 25.4 Å². The Hall–Kier alpha value is -4.87. The maximum atomic E-state index is 13.1. The highest BCUT2D eigenvalue weighted by atomic mass is 32.2. The molecule has 2 rings (SSSR count). The number of aliphatic imine (C=N–C) groups is 1. The molecule has 0 spiro atoms. The fraction of sp³-hybridized carbons (Fsp3) is 0.440. The van der Waals surface area contributed by atoms with Gasteiger partial charge >= 0.3 is 11.9 Å². The quantitative estimate of drug-likeness (QED) is 0.0786. The summed E-state index contributed by atoms with van der Waals surface area (Å²) >= 11 is 0.858. The van der Waals surface area contributed by atoms with Crippen molar-refractivity contribution < 1.29 is 43.8 Å². The number of carbonyl (C=O) groups is 7. The monoisotopic (exact) mass is 622 g/mol. The van der Waals surface area contributed by atoms with Gasteiger partial charge in [-0.15, -0.1) is 11.8 Å². The van der Waals surface area contributed by atoms with E-state index in [2.05, 4.69) is 31.6 Å². The summed E-state index contributed by atoms with van der Waals surface area (Å²) in [6.07, 6.45) is -0.580. The van der Waals surface area contributed by atoms with Crippen LogP contribution in [0.1, 0.15) is 30.1 Å². The van der Waals surface area contributed by atoms with Crippen LogP contribution in [0.4, 0.5) is 0 Å². The third-order valence-electron chi connectivity index (χ3n) is 5.86. The Kier molecular flexibility index (Phi) is 13.7. The fourth-order valence-electron chi connectivity index (χ4n) is 3.79. The van der Waals surface area contributed by atoms with Crippen LogP contribution in [0, 0.1) is 0 Å². The van der Waals surface area contributed by atoms with Crippen molar-refractivity contribution in [1.29, 1.82) is 0 Å². The number of thioether (sulfide) groups is 1. The zero-order chi connectivity index (χ0) is 31.9. The first-order valence-corrected chi connectivity index (χ1v) is 14.0. The largest absolute Gasteiger partial charge is 0.481 e. The van der Waals surface area contributed by atoms with Crippen LogP contribution >= 0.6 is 11.8 Å². The minimum Gasteiger partial charge on any atom is -0.481 e. The molecule has 4 atom stereocenters. The predicted octanol–water partition coefficient (Wildman–Crippen LogP) is -3.23. The molecule has 1 fully saturated rings. The number of nitrogens with one attached hydrogen (secondary N) is 5. The number of benzene rings is 1. The molecule has 0 unspecified atom stereocenters. The molecule has 0 aliphatic carbocycles. The summed E-state index contributed by atoms with van der Waals surface area (Å²) in [5.74, 6) is -7.63. The Morgan fingerprint density at radius 1 is 0.860 bits per heavy atom. The smallest absolute Gasteiger partial charge is 0.327 e. The molecule has 11 N–H and O–H groups in total. The minimum absolute atomic E-state index is 0.0486. The number of carboxylic acids is 2. The van der Waals surface area contributed by atoms with Crippen LogP contribution in [0.5, 0.6) is 0 Å². The Morgan fingerprint density at radius 2 is 1.47 bits per heavy atom. The highest BCUT2D eigenvalue weighted by Crippen LogP contribution is 2.29. The van der Waals surface area contributed by atoms with E-state index in [4.69, 9.17) is 11.5 Å². The highest BCUT2D eigenvalue weighted by Gasteiger charge is 2.31. The lowest BCUT2D eigenvalue weighted by Gasteiger charge is -2.23. The third kappa shape index (κ3) is 12.3. The summed E-state index contributed by atoms with van der Waals surface area (Å²) in [6, 6.07) is 3.82. The van der Waals surface area contributed by atoms with Crippen LogP contribution in [-0.2, 0) is 33.6 Å². The average Bonchev–Trinajstić information content (AvgIpc) is 2.95. The van der Waals surface area contributed by atoms with Crippen molar-refractivity contribution in [3.8, 4) is 0 Å². The van der Waals surface area contributed by atoms with Gasteiger partial charge in [-0.3, -0.25) is 33.8 Å². The lowest BCUT2D eigenvalue weighted by atomic mass is 10.1. The molecule has 0 bridgehead atoms. The summed E-state index contributed by atoms with van der Waals surface area (Å²) in [7, 11) is 0. The van der Waals surface area contributed by atoms with Gasteiger partial charge in [-0.2, -0.15) is 0 Å². The molecule has 0 saturated carbocycles. The van der Waals surface area contributed by atoms with Gasteiger partial charge in [0.1, 0.15) is 23.4 Å². The topological polar surface area (TPSA) is 284 Å². The van der Waals surface area contributed by atoms with E-state index in [0.717, 1.165) is 11.8 Å². The van der Waals surface area contributed by atoms with Gasteiger partial charge in [0.15, 0.2) is 5.96 Å². The van der Waals surface area contributed by atoms with Crippen LogP contribution in [0.3, 0.4) is 0 Å². The lowest BCUT2D eigenvalue weighted by Crippen LogP contribution is -2.55. The van der Waals surface area contributed by atoms with Crippen LogP contribution in [0.15, 0.2) is 35.3 Å². The van der Waals surface area contributed by atoms with Crippen LogP contribution in [0.25, 0.3) is 0 Å². The molecule has 18 heteroatoms. The Bertz CT molecular complexity index is 1230. The van der Waals surface area contributed by atoms with Crippen molar-refractivity contribution in [2.45, 2.75) is 42.6 Å². The zero-order valence-electron chi connectivity index (χ0n) is 22.9. The number of rotatable bonds is 8. The number of carbonyl (C=O) groups excluding carboxylic acids is 5. The van der Waals surface area contributed by atoms with Crippen LogP contribution in [-0.4, -0.2) is 101 Å². The van der Waals surface area contributed by atoms with Gasteiger partial charge in [-0.1, -0.05) is 30.3 Å². The normalized spacial score (nSPS) is 22.7. The summed E-state index contributed by atoms with van der Waals surface area (Å²) in [6.45, 7) is -1.09. The van der Waals surface area contributed by atoms with Gasteiger partial charge < -0.3 is 48.3 Å². The van der Waals surface area contributed by atoms with E-state index < -0.39 is 84.4 Å². The maximum Gasteiger partial charge on any atom is 0.327 e. The number of nitrogens with two attached hydrogens (primary N) is 2. The Labute approximate surface area is 250 Å². The number of amides is 5. The van der Waals surface area contributed by atoms with Crippen molar-refractivity contribution in [3.05, 3.63) is 35.9 Å². The lowest BCUT2D eigenvalue weighted by molar-refractivity contribution is -0.143. The van der Waals surface area contributed by atoms with Gasteiger partial charge in [0, 0.05) is 12.3 Å².